The Morgan fingerprint density at radius 2 is 1.54 bits per heavy atom. The van der Waals surface area contributed by atoms with E-state index >= 15 is 0 Å². The molecule has 10 heteroatoms. The fourth-order valence-electron chi connectivity index (χ4n) is 2.12. The van der Waals surface area contributed by atoms with Gasteiger partial charge in [0.1, 0.15) is 6.61 Å². The van der Waals surface area contributed by atoms with Gasteiger partial charge in [0.05, 0.1) is 13.2 Å². The van der Waals surface area contributed by atoms with Crippen LogP contribution < -0.4 is 0 Å². The highest BCUT2D eigenvalue weighted by Crippen LogP contribution is 2.48. The summed E-state index contributed by atoms with van der Waals surface area (Å²) in [6, 6.07) is 0. The van der Waals surface area contributed by atoms with Gasteiger partial charge < -0.3 is 9.47 Å². The van der Waals surface area contributed by atoms with E-state index in [1.807, 2.05) is 13.8 Å². The zero-order valence-electron chi connectivity index (χ0n) is 17.2. The first-order valence-corrected chi connectivity index (χ1v) is 12.3. The maximum absolute atomic E-state index is 12.3. The average Bonchev–Trinajstić information content (AvgIpc) is 2.69. The first kappa shape index (κ1) is 27.5. The molecule has 0 aliphatic heterocycles. The van der Waals surface area contributed by atoms with E-state index < -0.39 is 19.9 Å². The molecule has 0 N–H and O–H groups in total. The molecule has 0 rings (SSSR count). The van der Waals surface area contributed by atoms with Crippen LogP contribution in [-0.4, -0.2) is 50.3 Å². The molecule has 28 heavy (non-hydrogen) atoms. The quantitative estimate of drug-likeness (QED) is 0.117. The highest BCUT2D eigenvalue weighted by molar-refractivity contribution is 9.09. The third kappa shape index (κ3) is 14.5. The van der Waals surface area contributed by atoms with Crippen molar-refractivity contribution >= 4 is 35.7 Å². The number of hydrogen-bond acceptors (Lipinski definition) is 8. The maximum atomic E-state index is 12.3. The lowest BCUT2D eigenvalue weighted by Gasteiger charge is -2.21. The summed E-state index contributed by atoms with van der Waals surface area (Å²) in [5.74, 6) is -0.788. The minimum absolute atomic E-state index is 0.124. The molecule has 0 fully saturated rings. The predicted molar refractivity (Wildman–Crippen MR) is 109 cm³/mol. The number of phosphoric acid groups is 1. The second-order valence-corrected chi connectivity index (χ2v) is 8.73. The van der Waals surface area contributed by atoms with Crippen molar-refractivity contribution in [1.82, 2.24) is 0 Å². The summed E-state index contributed by atoms with van der Waals surface area (Å²) < 4.78 is 37.9. The highest BCUT2D eigenvalue weighted by atomic mass is 79.9. The Bertz CT molecular complexity index is 475. The van der Waals surface area contributed by atoms with Crippen LogP contribution in [-0.2, 0) is 37.2 Å². The van der Waals surface area contributed by atoms with E-state index in [2.05, 4.69) is 15.9 Å². The van der Waals surface area contributed by atoms with E-state index in [1.54, 1.807) is 0 Å². The van der Waals surface area contributed by atoms with E-state index in [1.165, 1.54) is 7.11 Å². The summed E-state index contributed by atoms with van der Waals surface area (Å²) in [6.07, 6.45) is 4.97. The van der Waals surface area contributed by atoms with Gasteiger partial charge in [-0.25, -0.2) is 4.57 Å². The van der Waals surface area contributed by atoms with Crippen LogP contribution in [0.5, 0.6) is 0 Å². The molecule has 0 radical (unpaired) electrons. The molecule has 0 aromatic carbocycles. The molecule has 0 aromatic heterocycles. The zero-order chi connectivity index (χ0) is 21.3. The van der Waals surface area contributed by atoms with Crippen LogP contribution in [0.1, 0.15) is 65.2 Å². The third-order valence-electron chi connectivity index (χ3n) is 3.67. The second kappa shape index (κ2) is 17.4. The molecular formula is C18H34BrO8P. The molecule has 8 nitrogen and oxygen atoms in total. The molecule has 0 bridgehead atoms. The number of carbonyl (C=O) groups excluding carboxylic acids is 2. The van der Waals surface area contributed by atoms with E-state index in [4.69, 9.17) is 23.0 Å². The Kier molecular flexibility index (Phi) is 17.1. The van der Waals surface area contributed by atoms with Gasteiger partial charge in [-0.3, -0.25) is 23.2 Å². The number of hydrogen-bond donors (Lipinski definition) is 0. The van der Waals surface area contributed by atoms with Crippen molar-refractivity contribution in [3.8, 4) is 0 Å². The van der Waals surface area contributed by atoms with Crippen LogP contribution in [0, 0.1) is 0 Å². The number of esters is 2. The summed E-state index contributed by atoms with van der Waals surface area (Å²) in [5.41, 5.74) is 0. The molecule has 2 atom stereocenters. The number of rotatable bonds is 18. The summed E-state index contributed by atoms with van der Waals surface area (Å²) >= 11 is 3.16. The lowest BCUT2D eigenvalue weighted by atomic mass is 10.2. The number of unbranched alkanes of at least 4 members (excludes halogenated alkanes) is 4. The summed E-state index contributed by atoms with van der Waals surface area (Å²) in [5, 5.41) is 0.453. The predicted octanol–water partition coefficient (Wildman–Crippen LogP) is 4.78. The molecule has 0 saturated heterocycles. The van der Waals surface area contributed by atoms with Gasteiger partial charge in [-0.05, 0) is 12.8 Å². The van der Waals surface area contributed by atoms with E-state index in [-0.39, 0.29) is 32.2 Å². The standard InChI is InChI=1S/C18H34BrO8P/c1-4-6-8-10-17(20)24-14-16(27-18(21)11-9-7-5-2)15-26-28(22,23-3)25-13-12-19/h16H,4-15H2,1-3H3/t16-,28?/m1/s1. The number of ether oxygens (including phenoxy) is 2. The minimum atomic E-state index is -3.77. The number of alkyl halides is 1. The van der Waals surface area contributed by atoms with Gasteiger partial charge in [-0.15, -0.1) is 0 Å². The van der Waals surface area contributed by atoms with Crippen molar-refractivity contribution in [2.45, 2.75) is 71.3 Å². The van der Waals surface area contributed by atoms with Crippen LogP contribution in [0.15, 0.2) is 0 Å². The lowest BCUT2D eigenvalue weighted by Crippen LogP contribution is -2.29. The zero-order valence-corrected chi connectivity index (χ0v) is 19.6. The molecule has 0 amide bonds. The molecular weight excluding hydrogens is 455 g/mol. The Morgan fingerprint density at radius 3 is 2.07 bits per heavy atom. The first-order valence-electron chi connectivity index (χ1n) is 9.76. The van der Waals surface area contributed by atoms with E-state index in [0.29, 0.717) is 18.2 Å². The summed E-state index contributed by atoms with van der Waals surface area (Å²) in [6.45, 7) is 3.76. The number of halogens is 1. The highest BCUT2D eigenvalue weighted by Gasteiger charge is 2.28. The van der Waals surface area contributed by atoms with Crippen molar-refractivity contribution in [2.75, 3.05) is 32.3 Å². The Labute approximate surface area is 176 Å². The fraction of sp³-hybridized carbons (Fsp3) is 0.889. The smallest absolute Gasteiger partial charge is 0.462 e. The van der Waals surface area contributed by atoms with Crippen molar-refractivity contribution in [3.63, 3.8) is 0 Å². The Hall–Kier alpha value is -0.470. The van der Waals surface area contributed by atoms with Crippen molar-refractivity contribution in [2.24, 2.45) is 0 Å². The molecule has 0 saturated carbocycles. The molecule has 0 spiro atoms. The van der Waals surface area contributed by atoms with E-state index in [0.717, 1.165) is 32.1 Å². The van der Waals surface area contributed by atoms with Crippen LogP contribution in [0.2, 0.25) is 0 Å². The Balaban J connectivity index is 4.66. The van der Waals surface area contributed by atoms with Crippen molar-refractivity contribution in [3.05, 3.63) is 0 Å². The largest absolute Gasteiger partial charge is 0.474 e. The maximum Gasteiger partial charge on any atom is 0.474 e. The number of carbonyl (C=O) groups is 2. The van der Waals surface area contributed by atoms with Crippen LogP contribution in [0.25, 0.3) is 0 Å². The van der Waals surface area contributed by atoms with Gasteiger partial charge in [0, 0.05) is 25.3 Å². The van der Waals surface area contributed by atoms with Crippen molar-refractivity contribution < 1.29 is 37.2 Å². The van der Waals surface area contributed by atoms with Gasteiger partial charge >= 0.3 is 19.8 Å². The first-order chi connectivity index (χ1) is 13.4. The second-order valence-electron chi connectivity index (χ2n) is 6.16. The van der Waals surface area contributed by atoms with Crippen LogP contribution in [0.3, 0.4) is 0 Å². The van der Waals surface area contributed by atoms with Gasteiger partial charge in [0.15, 0.2) is 6.10 Å². The molecule has 0 aliphatic rings. The average molecular weight is 489 g/mol. The number of phosphoric ester groups is 1. The fourth-order valence-corrected chi connectivity index (χ4v) is 3.48. The lowest BCUT2D eigenvalue weighted by molar-refractivity contribution is -0.161. The van der Waals surface area contributed by atoms with Gasteiger partial charge in [0.2, 0.25) is 0 Å². The molecule has 0 aromatic rings. The van der Waals surface area contributed by atoms with Crippen molar-refractivity contribution in [1.29, 1.82) is 0 Å². The summed E-state index contributed by atoms with van der Waals surface area (Å²) in [4.78, 5) is 23.8. The topological polar surface area (TPSA) is 97.4 Å². The SMILES string of the molecule is CCCCCC(=O)OC[C@H](COP(=O)(OC)OCCBr)OC(=O)CCCCC. The normalized spacial score (nSPS) is 14.3. The third-order valence-corrected chi connectivity index (χ3v) is 5.40. The van der Waals surface area contributed by atoms with Gasteiger partial charge in [0.25, 0.3) is 0 Å². The molecule has 0 aliphatic carbocycles. The monoisotopic (exact) mass is 488 g/mol. The molecule has 1 unspecified atom stereocenters. The molecule has 0 heterocycles. The van der Waals surface area contributed by atoms with Crippen LogP contribution >= 0.6 is 23.8 Å². The van der Waals surface area contributed by atoms with Crippen LogP contribution in [0.4, 0.5) is 0 Å². The van der Waals surface area contributed by atoms with Gasteiger partial charge in [-0.2, -0.15) is 0 Å². The molecule has 166 valence electrons. The van der Waals surface area contributed by atoms with E-state index in [9.17, 15) is 14.2 Å². The summed E-state index contributed by atoms with van der Waals surface area (Å²) in [7, 11) is -2.57. The van der Waals surface area contributed by atoms with Gasteiger partial charge in [-0.1, -0.05) is 55.5 Å². The Morgan fingerprint density at radius 1 is 0.929 bits per heavy atom. The minimum Gasteiger partial charge on any atom is -0.462 e.